The Morgan fingerprint density at radius 2 is 1.96 bits per heavy atom. The van der Waals surface area contributed by atoms with Crippen molar-refractivity contribution >= 4 is 57.1 Å². The fourth-order valence-corrected chi connectivity index (χ4v) is 3.82. The van der Waals surface area contributed by atoms with Crippen molar-refractivity contribution in [2.45, 2.75) is 11.3 Å². The van der Waals surface area contributed by atoms with Crippen molar-refractivity contribution in [1.29, 1.82) is 0 Å². The number of hydrogen-bond acceptors (Lipinski definition) is 6. The van der Waals surface area contributed by atoms with Crippen molar-refractivity contribution in [3.8, 4) is 0 Å². The van der Waals surface area contributed by atoms with E-state index < -0.39 is 0 Å². The van der Waals surface area contributed by atoms with Crippen LogP contribution in [-0.4, -0.2) is 21.9 Å². The third kappa shape index (κ3) is 5.45. The van der Waals surface area contributed by atoms with Gasteiger partial charge in [0, 0.05) is 16.4 Å². The van der Waals surface area contributed by atoms with Gasteiger partial charge in [0.1, 0.15) is 0 Å². The topological polar surface area (TPSA) is 66.9 Å². The number of thioether (sulfide) groups is 1. The molecule has 0 saturated heterocycles. The average molecular weight is 391 g/mol. The van der Waals surface area contributed by atoms with Crippen molar-refractivity contribution in [3.63, 3.8) is 0 Å². The number of nitrogens with zero attached hydrogens (tertiary/aromatic N) is 2. The summed E-state index contributed by atoms with van der Waals surface area (Å²) in [4.78, 5) is 12.0. The third-order valence-corrected chi connectivity index (χ3v) is 5.32. The number of carbonyl (C=O) groups is 1. The predicted octanol–water partition coefficient (Wildman–Crippen LogP) is 4.97. The molecule has 0 radical (unpaired) electrons. The SMILES string of the molecule is Cc1cccc(Nc2nnc(SCC(=O)Nc3cccc(Cl)c3)s2)c1. The fraction of sp³-hybridized carbons (Fsp3) is 0.118. The summed E-state index contributed by atoms with van der Waals surface area (Å²) < 4.78 is 0.733. The molecule has 8 heteroatoms. The Kier molecular flexibility index (Phi) is 5.91. The average Bonchev–Trinajstić information content (AvgIpc) is 3.00. The summed E-state index contributed by atoms with van der Waals surface area (Å²) in [6.45, 7) is 2.03. The lowest BCUT2D eigenvalue weighted by atomic mass is 10.2. The third-order valence-electron chi connectivity index (χ3n) is 3.11. The molecule has 2 aromatic carbocycles. The molecule has 0 bridgehead atoms. The highest BCUT2D eigenvalue weighted by atomic mass is 35.5. The second kappa shape index (κ2) is 8.33. The number of nitrogens with one attached hydrogen (secondary N) is 2. The molecule has 0 spiro atoms. The van der Waals surface area contributed by atoms with Crippen LogP contribution in [0.15, 0.2) is 52.9 Å². The van der Waals surface area contributed by atoms with Crippen LogP contribution in [0.2, 0.25) is 5.02 Å². The molecule has 3 aromatic rings. The van der Waals surface area contributed by atoms with Gasteiger partial charge in [-0.3, -0.25) is 4.79 Å². The molecule has 0 fully saturated rings. The Morgan fingerprint density at radius 1 is 1.16 bits per heavy atom. The maximum absolute atomic E-state index is 12.0. The van der Waals surface area contributed by atoms with Gasteiger partial charge in [0.2, 0.25) is 11.0 Å². The summed E-state index contributed by atoms with van der Waals surface area (Å²) in [5, 5.41) is 15.5. The van der Waals surface area contributed by atoms with Gasteiger partial charge in [-0.2, -0.15) is 0 Å². The van der Waals surface area contributed by atoms with E-state index in [9.17, 15) is 4.79 Å². The van der Waals surface area contributed by atoms with Gasteiger partial charge >= 0.3 is 0 Å². The summed E-state index contributed by atoms with van der Waals surface area (Å²) in [6.07, 6.45) is 0. The van der Waals surface area contributed by atoms with Crippen LogP contribution >= 0.6 is 34.7 Å². The number of halogens is 1. The molecule has 1 amide bonds. The van der Waals surface area contributed by atoms with Crippen LogP contribution in [0.5, 0.6) is 0 Å². The lowest BCUT2D eigenvalue weighted by molar-refractivity contribution is -0.113. The molecular formula is C17H15ClN4OS2. The number of aryl methyl sites for hydroxylation is 1. The van der Waals surface area contributed by atoms with E-state index in [1.54, 1.807) is 24.3 Å². The molecule has 25 heavy (non-hydrogen) atoms. The Morgan fingerprint density at radius 3 is 2.76 bits per heavy atom. The summed E-state index contributed by atoms with van der Waals surface area (Å²) in [7, 11) is 0. The smallest absolute Gasteiger partial charge is 0.234 e. The fourth-order valence-electron chi connectivity index (χ4n) is 2.06. The first-order chi connectivity index (χ1) is 12.1. The minimum Gasteiger partial charge on any atom is -0.330 e. The quantitative estimate of drug-likeness (QED) is 0.581. The molecule has 0 aliphatic rings. The minimum atomic E-state index is -0.115. The first-order valence-electron chi connectivity index (χ1n) is 7.44. The number of carbonyl (C=O) groups excluding carboxylic acids is 1. The maximum atomic E-state index is 12.0. The van der Waals surface area contributed by atoms with Crippen molar-refractivity contribution in [1.82, 2.24) is 10.2 Å². The summed E-state index contributed by atoms with van der Waals surface area (Å²) in [6, 6.07) is 15.1. The summed E-state index contributed by atoms with van der Waals surface area (Å²) in [5.41, 5.74) is 2.81. The molecular weight excluding hydrogens is 376 g/mol. The Balaban J connectivity index is 1.52. The van der Waals surface area contributed by atoms with Crippen LogP contribution in [0.3, 0.4) is 0 Å². The summed E-state index contributed by atoms with van der Waals surface area (Å²) in [5.74, 6) is 0.140. The van der Waals surface area contributed by atoms with Gasteiger partial charge in [-0.25, -0.2) is 0 Å². The molecule has 5 nitrogen and oxygen atoms in total. The van der Waals surface area contributed by atoms with Crippen LogP contribution in [0.4, 0.5) is 16.5 Å². The second-order valence-corrected chi connectivity index (χ2v) is 7.85. The van der Waals surface area contributed by atoms with E-state index in [2.05, 4.69) is 20.8 Å². The van der Waals surface area contributed by atoms with E-state index in [4.69, 9.17) is 11.6 Å². The van der Waals surface area contributed by atoms with E-state index >= 15 is 0 Å². The van der Waals surface area contributed by atoms with E-state index in [0.717, 1.165) is 10.0 Å². The van der Waals surface area contributed by atoms with Crippen molar-refractivity contribution < 1.29 is 4.79 Å². The molecule has 1 aromatic heterocycles. The van der Waals surface area contributed by atoms with Gasteiger partial charge in [0.05, 0.1) is 5.75 Å². The molecule has 3 rings (SSSR count). The minimum absolute atomic E-state index is 0.115. The number of rotatable bonds is 6. The zero-order valence-corrected chi connectivity index (χ0v) is 15.7. The molecule has 0 aliphatic carbocycles. The molecule has 0 aliphatic heterocycles. The van der Waals surface area contributed by atoms with E-state index in [1.165, 1.54) is 28.7 Å². The van der Waals surface area contributed by atoms with Crippen LogP contribution in [0.1, 0.15) is 5.56 Å². The number of benzene rings is 2. The molecule has 1 heterocycles. The van der Waals surface area contributed by atoms with E-state index in [-0.39, 0.29) is 11.7 Å². The second-order valence-electron chi connectivity index (χ2n) is 5.21. The zero-order chi connectivity index (χ0) is 17.6. The highest BCUT2D eigenvalue weighted by molar-refractivity contribution is 8.01. The Labute approximate surface area is 158 Å². The van der Waals surface area contributed by atoms with E-state index in [0.29, 0.717) is 15.8 Å². The molecule has 2 N–H and O–H groups in total. The van der Waals surface area contributed by atoms with Crippen LogP contribution < -0.4 is 10.6 Å². The normalized spacial score (nSPS) is 10.5. The zero-order valence-electron chi connectivity index (χ0n) is 13.3. The molecule has 0 atom stereocenters. The number of hydrogen-bond donors (Lipinski definition) is 2. The molecule has 0 saturated carbocycles. The maximum Gasteiger partial charge on any atom is 0.234 e. The summed E-state index contributed by atoms with van der Waals surface area (Å²) >= 11 is 8.66. The molecule has 128 valence electrons. The first-order valence-corrected chi connectivity index (χ1v) is 9.62. The van der Waals surface area contributed by atoms with Gasteiger partial charge in [0.15, 0.2) is 4.34 Å². The predicted molar refractivity (Wildman–Crippen MR) is 105 cm³/mol. The standard InChI is InChI=1S/C17H15ClN4OS2/c1-11-4-2-6-13(8-11)20-16-21-22-17(25-16)24-10-15(23)19-14-7-3-5-12(18)9-14/h2-9H,10H2,1H3,(H,19,23)(H,20,21). The van der Waals surface area contributed by atoms with E-state index in [1.807, 2.05) is 31.2 Å². The Bertz CT molecular complexity index is 884. The Hall–Kier alpha value is -2.09. The number of amides is 1. The van der Waals surface area contributed by atoms with Gasteiger partial charge in [0.25, 0.3) is 0 Å². The number of aromatic nitrogens is 2. The number of anilines is 3. The van der Waals surface area contributed by atoms with Gasteiger partial charge in [-0.1, -0.05) is 52.9 Å². The first kappa shape index (κ1) is 17.7. The largest absolute Gasteiger partial charge is 0.330 e. The highest BCUT2D eigenvalue weighted by Crippen LogP contribution is 2.28. The molecule has 0 unspecified atom stereocenters. The van der Waals surface area contributed by atoms with Crippen LogP contribution in [0, 0.1) is 6.92 Å². The van der Waals surface area contributed by atoms with Gasteiger partial charge in [-0.05, 0) is 42.8 Å². The van der Waals surface area contributed by atoms with Crippen LogP contribution in [-0.2, 0) is 4.79 Å². The van der Waals surface area contributed by atoms with Crippen LogP contribution in [0.25, 0.3) is 0 Å². The van der Waals surface area contributed by atoms with Gasteiger partial charge < -0.3 is 10.6 Å². The van der Waals surface area contributed by atoms with Crippen molar-refractivity contribution in [2.75, 3.05) is 16.4 Å². The monoisotopic (exact) mass is 390 g/mol. The lowest BCUT2D eigenvalue weighted by Crippen LogP contribution is -2.13. The lowest BCUT2D eigenvalue weighted by Gasteiger charge is -2.04. The van der Waals surface area contributed by atoms with Crippen molar-refractivity contribution in [2.24, 2.45) is 0 Å². The van der Waals surface area contributed by atoms with Crippen molar-refractivity contribution in [3.05, 3.63) is 59.1 Å². The highest BCUT2D eigenvalue weighted by Gasteiger charge is 2.09. The van der Waals surface area contributed by atoms with Gasteiger partial charge in [-0.15, -0.1) is 10.2 Å².